The van der Waals surface area contributed by atoms with Crippen molar-refractivity contribution in [1.29, 1.82) is 0 Å². The van der Waals surface area contributed by atoms with Crippen LogP contribution in [0.3, 0.4) is 0 Å². The minimum Gasteiger partial charge on any atom is -0.307 e. The van der Waals surface area contributed by atoms with Crippen LogP contribution < -0.4 is 5.32 Å². The third kappa shape index (κ3) is 2.78. The highest BCUT2D eigenvalue weighted by Crippen LogP contribution is 2.20. The topological polar surface area (TPSA) is 58.5 Å². The van der Waals surface area contributed by atoms with E-state index in [-0.39, 0.29) is 0 Å². The lowest BCUT2D eigenvalue weighted by atomic mass is 10.1. The Morgan fingerprint density at radius 3 is 2.75 bits per heavy atom. The Labute approximate surface area is 117 Å². The van der Waals surface area contributed by atoms with Gasteiger partial charge < -0.3 is 5.32 Å². The molecule has 5 nitrogen and oxygen atoms in total. The zero-order valence-corrected chi connectivity index (χ0v) is 11.4. The molecule has 2 aromatic heterocycles. The van der Waals surface area contributed by atoms with E-state index >= 15 is 0 Å². The summed E-state index contributed by atoms with van der Waals surface area (Å²) in [7, 11) is 1.92. The van der Waals surface area contributed by atoms with E-state index in [0.717, 1.165) is 35.6 Å². The van der Waals surface area contributed by atoms with Crippen molar-refractivity contribution in [3.8, 4) is 11.3 Å². The maximum Gasteiger partial charge on any atom is 0.0762 e. The third-order valence-electron chi connectivity index (χ3n) is 3.17. The molecule has 0 saturated heterocycles. The summed E-state index contributed by atoms with van der Waals surface area (Å²) in [4.78, 5) is 0. The van der Waals surface area contributed by atoms with Gasteiger partial charge >= 0.3 is 0 Å². The number of hydrogen-bond acceptors (Lipinski definition) is 3. The maximum atomic E-state index is 4.34. The van der Waals surface area contributed by atoms with Crippen molar-refractivity contribution >= 4 is 0 Å². The number of aryl methyl sites for hydroxylation is 1. The average molecular weight is 267 g/mol. The van der Waals surface area contributed by atoms with E-state index in [9.17, 15) is 0 Å². The number of aromatic amines is 1. The summed E-state index contributed by atoms with van der Waals surface area (Å²) in [6.07, 6.45) is 3.82. The Hall–Kier alpha value is -2.40. The number of nitrogens with one attached hydrogen (secondary N) is 2. The van der Waals surface area contributed by atoms with Crippen LogP contribution in [0.25, 0.3) is 11.3 Å². The predicted octanol–water partition coefficient (Wildman–Crippen LogP) is 2.10. The molecule has 0 aliphatic heterocycles. The summed E-state index contributed by atoms with van der Waals surface area (Å²) < 4.78 is 1.81. The molecule has 0 radical (unpaired) electrons. The molecule has 0 amide bonds. The largest absolute Gasteiger partial charge is 0.307 e. The molecule has 2 N–H and O–H groups in total. The summed E-state index contributed by atoms with van der Waals surface area (Å²) in [5, 5.41) is 14.9. The van der Waals surface area contributed by atoms with E-state index in [1.54, 1.807) is 0 Å². The molecule has 3 aromatic rings. The van der Waals surface area contributed by atoms with Crippen LogP contribution >= 0.6 is 0 Å². The summed E-state index contributed by atoms with van der Waals surface area (Å²) in [5.74, 6) is 0. The second kappa shape index (κ2) is 5.71. The summed E-state index contributed by atoms with van der Waals surface area (Å²) in [5.41, 5.74) is 4.42. The molecule has 0 unspecified atom stereocenters. The third-order valence-corrected chi connectivity index (χ3v) is 3.17. The first-order valence-corrected chi connectivity index (χ1v) is 6.60. The fraction of sp³-hybridized carbons (Fsp3) is 0.200. The van der Waals surface area contributed by atoms with Crippen LogP contribution in [0.5, 0.6) is 0 Å². The average Bonchev–Trinajstić information content (AvgIpc) is 3.09. The monoisotopic (exact) mass is 267 g/mol. The van der Waals surface area contributed by atoms with Crippen molar-refractivity contribution in [2.24, 2.45) is 7.05 Å². The van der Waals surface area contributed by atoms with Gasteiger partial charge in [0.2, 0.25) is 0 Å². The van der Waals surface area contributed by atoms with Gasteiger partial charge in [0.1, 0.15) is 0 Å². The zero-order valence-electron chi connectivity index (χ0n) is 11.4. The number of H-pyrrole nitrogens is 1. The van der Waals surface area contributed by atoms with E-state index in [0.29, 0.717) is 0 Å². The molecular formula is C15H17N5. The zero-order chi connectivity index (χ0) is 13.8. The molecule has 0 saturated carbocycles. The molecule has 2 heterocycles. The highest BCUT2D eigenvalue weighted by atomic mass is 15.3. The fourth-order valence-corrected chi connectivity index (χ4v) is 2.18. The molecule has 0 aliphatic carbocycles. The van der Waals surface area contributed by atoms with Gasteiger partial charge in [-0.1, -0.05) is 30.3 Å². The van der Waals surface area contributed by atoms with Gasteiger partial charge in [0, 0.05) is 31.9 Å². The number of benzene rings is 1. The van der Waals surface area contributed by atoms with Crippen molar-refractivity contribution < 1.29 is 0 Å². The lowest BCUT2D eigenvalue weighted by molar-refractivity contribution is 0.657. The first-order valence-electron chi connectivity index (χ1n) is 6.60. The van der Waals surface area contributed by atoms with Crippen molar-refractivity contribution in [3.63, 3.8) is 0 Å². The van der Waals surface area contributed by atoms with Crippen molar-refractivity contribution in [1.82, 2.24) is 25.3 Å². The number of rotatable bonds is 5. The highest BCUT2D eigenvalue weighted by Gasteiger charge is 2.07. The van der Waals surface area contributed by atoms with E-state index in [1.165, 1.54) is 0 Å². The van der Waals surface area contributed by atoms with E-state index in [1.807, 2.05) is 48.4 Å². The SMILES string of the molecule is Cn1ccc(CNCc2cn[nH]c2-c2ccccc2)n1. The van der Waals surface area contributed by atoms with Crippen LogP contribution in [0, 0.1) is 0 Å². The smallest absolute Gasteiger partial charge is 0.0762 e. The number of hydrogen-bond donors (Lipinski definition) is 2. The lowest BCUT2D eigenvalue weighted by Gasteiger charge is -2.04. The van der Waals surface area contributed by atoms with Crippen LogP contribution in [0.4, 0.5) is 0 Å². The van der Waals surface area contributed by atoms with Crippen LogP contribution in [0.2, 0.25) is 0 Å². The minimum atomic E-state index is 0.750. The molecule has 3 rings (SSSR count). The first-order chi connectivity index (χ1) is 9.83. The second-order valence-corrected chi connectivity index (χ2v) is 4.72. The minimum absolute atomic E-state index is 0.750. The fourth-order valence-electron chi connectivity index (χ4n) is 2.18. The molecule has 0 fully saturated rings. The quantitative estimate of drug-likeness (QED) is 0.744. The molecule has 102 valence electrons. The van der Waals surface area contributed by atoms with Gasteiger partial charge in [-0.3, -0.25) is 9.78 Å². The van der Waals surface area contributed by atoms with Gasteiger partial charge in [-0.25, -0.2) is 0 Å². The molecular weight excluding hydrogens is 250 g/mol. The number of aromatic nitrogens is 4. The van der Waals surface area contributed by atoms with Gasteiger partial charge in [-0.2, -0.15) is 10.2 Å². The molecule has 0 atom stereocenters. The molecule has 0 bridgehead atoms. The standard InChI is InChI=1S/C15H17N5/c1-20-8-7-14(19-20)11-16-9-13-10-17-18-15(13)12-5-3-2-4-6-12/h2-8,10,16H,9,11H2,1H3,(H,17,18). The molecule has 20 heavy (non-hydrogen) atoms. The van der Waals surface area contributed by atoms with Gasteiger partial charge in [0.05, 0.1) is 17.6 Å². The predicted molar refractivity (Wildman–Crippen MR) is 77.8 cm³/mol. The van der Waals surface area contributed by atoms with Crippen LogP contribution in [-0.4, -0.2) is 20.0 Å². The normalized spacial score (nSPS) is 10.8. The molecule has 0 spiro atoms. The summed E-state index contributed by atoms with van der Waals surface area (Å²) in [6.45, 7) is 1.51. The number of nitrogens with zero attached hydrogens (tertiary/aromatic N) is 3. The molecule has 1 aromatic carbocycles. The van der Waals surface area contributed by atoms with Gasteiger partial charge in [0.25, 0.3) is 0 Å². The van der Waals surface area contributed by atoms with Crippen LogP contribution in [-0.2, 0) is 20.1 Å². The van der Waals surface area contributed by atoms with Crippen molar-refractivity contribution in [2.75, 3.05) is 0 Å². The van der Waals surface area contributed by atoms with Gasteiger partial charge in [-0.15, -0.1) is 0 Å². The van der Waals surface area contributed by atoms with Crippen LogP contribution in [0.15, 0.2) is 48.8 Å². The Bertz CT molecular complexity index is 668. The van der Waals surface area contributed by atoms with Gasteiger partial charge in [0.15, 0.2) is 0 Å². The molecule has 5 heteroatoms. The van der Waals surface area contributed by atoms with Crippen LogP contribution in [0.1, 0.15) is 11.3 Å². The maximum absolute atomic E-state index is 4.34. The Balaban J connectivity index is 1.65. The van der Waals surface area contributed by atoms with E-state index in [2.05, 4.69) is 32.7 Å². The Kier molecular flexibility index (Phi) is 3.60. The van der Waals surface area contributed by atoms with Gasteiger partial charge in [-0.05, 0) is 11.6 Å². The second-order valence-electron chi connectivity index (χ2n) is 4.72. The summed E-state index contributed by atoms with van der Waals surface area (Å²) in [6, 6.07) is 12.2. The summed E-state index contributed by atoms with van der Waals surface area (Å²) >= 11 is 0. The lowest BCUT2D eigenvalue weighted by Crippen LogP contribution is -2.13. The Morgan fingerprint density at radius 2 is 2.00 bits per heavy atom. The first kappa shape index (κ1) is 12.6. The molecule has 0 aliphatic rings. The van der Waals surface area contributed by atoms with Crippen molar-refractivity contribution in [3.05, 3.63) is 60.0 Å². The van der Waals surface area contributed by atoms with Crippen molar-refractivity contribution in [2.45, 2.75) is 13.1 Å². The van der Waals surface area contributed by atoms with E-state index in [4.69, 9.17) is 0 Å². The van der Waals surface area contributed by atoms with E-state index < -0.39 is 0 Å². The highest BCUT2D eigenvalue weighted by molar-refractivity contribution is 5.62. The Morgan fingerprint density at radius 1 is 1.15 bits per heavy atom.